The van der Waals surface area contributed by atoms with Gasteiger partial charge in [0.1, 0.15) is 5.54 Å². The second-order valence-electron chi connectivity index (χ2n) is 4.98. The number of alkyl halides is 3. The highest BCUT2D eigenvalue weighted by Gasteiger charge is 2.62. The van der Waals surface area contributed by atoms with Gasteiger partial charge in [0, 0.05) is 19.6 Å². The minimum Gasteiger partial charge on any atom is -0.394 e. The number of carbonyl (C=O) groups is 1. The highest BCUT2D eigenvalue weighted by molar-refractivity contribution is 5.92. The van der Waals surface area contributed by atoms with Crippen LogP contribution in [0.25, 0.3) is 0 Å². The zero-order chi connectivity index (χ0) is 13.6. The number of carbonyl (C=O) groups excluding carboxylic acids is 1. The van der Waals surface area contributed by atoms with Gasteiger partial charge in [-0.3, -0.25) is 9.69 Å². The van der Waals surface area contributed by atoms with Crippen molar-refractivity contribution in [2.45, 2.75) is 18.1 Å². The molecule has 3 aliphatic heterocycles. The van der Waals surface area contributed by atoms with Gasteiger partial charge < -0.3 is 9.84 Å². The highest BCUT2D eigenvalue weighted by Crippen LogP contribution is 2.46. The molecule has 1 N–H and O–H groups in total. The molecule has 0 aromatic carbocycles. The molecular formula is C11H16F3NO3. The molecule has 3 heterocycles. The molecule has 3 rings (SSSR count). The van der Waals surface area contributed by atoms with Gasteiger partial charge in [-0.2, -0.15) is 13.2 Å². The molecule has 4 atom stereocenters. The van der Waals surface area contributed by atoms with Crippen molar-refractivity contribution >= 4 is 5.78 Å². The molecule has 0 aromatic rings. The summed E-state index contributed by atoms with van der Waals surface area (Å²) in [7, 11) is 1.37. The normalized spacial score (nSPS) is 40.3. The Hall–Kier alpha value is -0.660. The number of halogens is 3. The summed E-state index contributed by atoms with van der Waals surface area (Å²) >= 11 is 0. The minimum absolute atomic E-state index is 0.0661. The van der Waals surface area contributed by atoms with E-state index < -0.39 is 35.9 Å². The zero-order valence-corrected chi connectivity index (χ0v) is 10.0. The highest BCUT2D eigenvalue weighted by atomic mass is 19.4. The SMILES string of the molecule is COC[C@@]1(CO)C(=O)[C@@H]2CCN1C[C@@H]2C(F)(F)F. The molecule has 0 spiro atoms. The van der Waals surface area contributed by atoms with Crippen molar-refractivity contribution < 1.29 is 27.8 Å². The molecule has 4 nitrogen and oxygen atoms in total. The van der Waals surface area contributed by atoms with E-state index in [0.717, 1.165) is 0 Å². The van der Waals surface area contributed by atoms with Crippen LogP contribution in [0, 0.1) is 11.8 Å². The Bertz CT molecular complexity index is 347. The maximum atomic E-state index is 12.8. The molecule has 7 heteroatoms. The van der Waals surface area contributed by atoms with Crippen LogP contribution in [0.3, 0.4) is 0 Å². The van der Waals surface area contributed by atoms with E-state index in [2.05, 4.69) is 0 Å². The lowest BCUT2D eigenvalue weighted by Gasteiger charge is -2.54. The zero-order valence-electron chi connectivity index (χ0n) is 10.0. The number of ketones is 1. The maximum absolute atomic E-state index is 12.8. The average molecular weight is 267 g/mol. The summed E-state index contributed by atoms with van der Waals surface area (Å²) in [6.45, 7) is -0.402. The van der Waals surface area contributed by atoms with Crippen LogP contribution < -0.4 is 0 Å². The van der Waals surface area contributed by atoms with E-state index in [-0.39, 0.29) is 19.6 Å². The van der Waals surface area contributed by atoms with Crippen molar-refractivity contribution in [1.29, 1.82) is 0 Å². The number of ether oxygens (including phenoxy) is 1. The van der Waals surface area contributed by atoms with Gasteiger partial charge in [-0.25, -0.2) is 0 Å². The second-order valence-corrected chi connectivity index (χ2v) is 4.98. The van der Waals surface area contributed by atoms with Crippen LogP contribution in [-0.4, -0.2) is 60.9 Å². The summed E-state index contributed by atoms with van der Waals surface area (Å²) in [5.41, 5.74) is -1.28. The Labute approximate surface area is 103 Å². The molecule has 0 radical (unpaired) electrons. The fraction of sp³-hybridized carbons (Fsp3) is 0.909. The van der Waals surface area contributed by atoms with Gasteiger partial charge in [-0.15, -0.1) is 0 Å². The van der Waals surface area contributed by atoms with Gasteiger partial charge in [0.15, 0.2) is 5.78 Å². The third kappa shape index (κ3) is 1.85. The van der Waals surface area contributed by atoms with Gasteiger partial charge >= 0.3 is 6.18 Å². The number of piperidine rings is 3. The lowest BCUT2D eigenvalue weighted by molar-refractivity contribution is -0.229. The molecular weight excluding hydrogens is 251 g/mol. The fourth-order valence-electron chi connectivity index (χ4n) is 3.11. The Morgan fingerprint density at radius 2 is 2.22 bits per heavy atom. The summed E-state index contributed by atoms with van der Waals surface area (Å²) in [5, 5.41) is 9.43. The molecule has 3 saturated heterocycles. The summed E-state index contributed by atoms with van der Waals surface area (Å²) in [4.78, 5) is 13.6. The minimum atomic E-state index is -4.37. The van der Waals surface area contributed by atoms with E-state index in [1.807, 2.05) is 0 Å². The maximum Gasteiger partial charge on any atom is 0.393 e. The topological polar surface area (TPSA) is 49.8 Å². The van der Waals surface area contributed by atoms with Gasteiger partial charge in [-0.05, 0) is 13.0 Å². The first-order valence-electron chi connectivity index (χ1n) is 5.82. The van der Waals surface area contributed by atoms with E-state index in [1.165, 1.54) is 12.0 Å². The molecule has 3 aliphatic rings. The molecule has 18 heavy (non-hydrogen) atoms. The predicted octanol–water partition coefficient (Wildman–Crippen LogP) is 0.447. The lowest BCUT2D eigenvalue weighted by atomic mass is 9.68. The molecule has 0 aliphatic carbocycles. The summed E-state index contributed by atoms with van der Waals surface area (Å²) < 4.78 is 43.4. The third-order valence-corrected chi connectivity index (χ3v) is 4.08. The first-order valence-corrected chi connectivity index (χ1v) is 5.82. The summed E-state index contributed by atoms with van der Waals surface area (Å²) in [5.74, 6) is -3.20. The van der Waals surface area contributed by atoms with E-state index in [1.54, 1.807) is 0 Å². The molecule has 2 bridgehead atoms. The van der Waals surface area contributed by atoms with Crippen molar-refractivity contribution in [3.63, 3.8) is 0 Å². The standard InChI is InChI=1S/C11H16F3NO3/c1-18-6-10(5-16)9(17)7-2-3-15(10)4-8(7)11(12,13)14/h7-8,16H,2-6H2,1H3/t7-,8+,10+/m1/s1. The third-order valence-electron chi connectivity index (χ3n) is 4.08. The monoisotopic (exact) mass is 267 g/mol. The number of fused-ring (bicyclic) bond motifs is 3. The van der Waals surface area contributed by atoms with Crippen LogP contribution in [0.5, 0.6) is 0 Å². The number of aliphatic hydroxyl groups excluding tert-OH is 1. The van der Waals surface area contributed by atoms with Gasteiger partial charge in [0.2, 0.25) is 0 Å². The molecule has 0 amide bonds. The average Bonchev–Trinajstić information content (AvgIpc) is 2.32. The molecule has 0 saturated carbocycles. The Balaban J connectivity index is 2.31. The number of nitrogens with zero attached hydrogens (tertiary/aromatic N) is 1. The Morgan fingerprint density at radius 1 is 1.56 bits per heavy atom. The number of methoxy groups -OCH3 is 1. The van der Waals surface area contributed by atoms with E-state index in [4.69, 9.17) is 4.74 Å². The van der Waals surface area contributed by atoms with Crippen LogP contribution in [0.2, 0.25) is 0 Å². The summed E-state index contributed by atoms with van der Waals surface area (Å²) in [6.07, 6.45) is -4.16. The Morgan fingerprint density at radius 3 is 2.67 bits per heavy atom. The number of hydrogen-bond acceptors (Lipinski definition) is 4. The van der Waals surface area contributed by atoms with E-state index in [0.29, 0.717) is 6.54 Å². The van der Waals surface area contributed by atoms with Crippen molar-refractivity contribution in [2.24, 2.45) is 11.8 Å². The quantitative estimate of drug-likeness (QED) is 0.806. The van der Waals surface area contributed by atoms with Crippen LogP contribution >= 0.6 is 0 Å². The molecule has 104 valence electrons. The van der Waals surface area contributed by atoms with Crippen molar-refractivity contribution in [3.8, 4) is 0 Å². The van der Waals surface area contributed by atoms with E-state index >= 15 is 0 Å². The number of Topliss-reactive ketones (excluding diaryl/α,β-unsaturated/α-hetero) is 1. The van der Waals surface area contributed by atoms with E-state index in [9.17, 15) is 23.1 Å². The number of aliphatic hydroxyl groups is 1. The summed E-state index contributed by atoms with van der Waals surface area (Å²) in [6, 6.07) is 0. The molecule has 3 fully saturated rings. The van der Waals surface area contributed by atoms with Crippen LogP contribution in [0.4, 0.5) is 13.2 Å². The van der Waals surface area contributed by atoms with Crippen molar-refractivity contribution in [3.05, 3.63) is 0 Å². The first-order chi connectivity index (χ1) is 8.36. The Kier molecular flexibility index (Phi) is 3.42. The van der Waals surface area contributed by atoms with Crippen molar-refractivity contribution in [2.75, 3.05) is 33.4 Å². The van der Waals surface area contributed by atoms with Crippen LogP contribution in [0.15, 0.2) is 0 Å². The van der Waals surface area contributed by atoms with Crippen LogP contribution in [0.1, 0.15) is 6.42 Å². The lowest BCUT2D eigenvalue weighted by Crippen LogP contribution is -2.72. The first kappa shape index (κ1) is 13.8. The number of rotatable bonds is 3. The molecule has 0 aromatic heterocycles. The van der Waals surface area contributed by atoms with Crippen molar-refractivity contribution in [1.82, 2.24) is 4.90 Å². The number of hydrogen-bond donors (Lipinski definition) is 1. The second kappa shape index (κ2) is 4.47. The smallest absolute Gasteiger partial charge is 0.393 e. The van der Waals surface area contributed by atoms with Gasteiger partial charge in [-0.1, -0.05) is 0 Å². The van der Waals surface area contributed by atoms with Crippen LogP contribution in [-0.2, 0) is 9.53 Å². The van der Waals surface area contributed by atoms with Gasteiger partial charge in [0.25, 0.3) is 0 Å². The largest absolute Gasteiger partial charge is 0.394 e. The molecule has 1 unspecified atom stereocenters. The van der Waals surface area contributed by atoms with Gasteiger partial charge in [0.05, 0.1) is 19.1 Å². The fourth-order valence-corrected chi connectivity index (χ4v) is 3.11. The predicted molar refractivity (Wildman–Crippen MR) is 55.9 cm³/mol.